The fraction of sp³-hybridized carbons (Fsp3) is 0.560. The number of nitrogens with zero attached hydrogens (tertiary/aromatic N) is 5. The van der Waals surface area contributed by atoms with Crippen molar-refractivity contribution in [3.05, 3.63) is 36.9 Å². The van der Waals surface area contributed by atoms with Crippen LogP contribution in [-0.2, 0) is 25.8 Å². The molecule has 2 aromatic rings. The molecular formula is C25H31N5O6. The lowest BCUT2D eigenvalue weighted by Gasteiger charge is -2.39. The highest BCUT2D eigenvalue weighted by atomic mass is 16.5. The van der Waals surface area contributed by atoms with Crippen LogP contribution in [0.25, 0.3) is 11.0 Å². The molecule has 3 saturated heterocycles. The van der Waals surface area contributed by atoms with Gasteiger partial charge in [0.15, 0.2) is 0 Å². The van der Waals surface area contributed by atoms with Gasteiger partial charge in [-0.2, -0.15) is 0 Å². The van der Waals surface area contributed by atoms with E-state index in [2.05, 4.69) is 16.9 Å². The zero-order chi connectivity index (χ0) is 25.8. The van der Waals surface area contributed by atoms with E-state index in [4.69, 9.17) is 4.74 Å². The molecule has 1 spiro atoms. The molecule has 36 heavy (non-hydrogen) atoms. The fourth-order valence-electron chi connectivity index (χ4n) is 6.56. The number of rotatable bonds is 9. The Morgan fingerprint density at radius 1 is 1.36 bits per heavy atom. The van der Waals surface area contributed by atoms with Gasteiger partial charge in [-0.1, -0.05) is 30.3 Å². The monoisotopic (exact) mass is 497 g/mol. The van der Waals surface area contributed by atoms with Crippen LogP contribution in [0.5, 0.6) is 0 Å². The molecule has 192 valence electrons. The number of hydrogen-bond acceptors (Lipinski definition) is 7. The average molecular weight is 498 g/mol. The molecule has 2 N–H and O–H groups in total. The SMILES string of the molecule is C=CCN(Cn1nnc2ccccc21)C(=O)C1N([C@@H](CC)CO)C(=O)[C@@H]2[C@@H](C(=O)O)[C@@]3(C)CCC12O3. The summed E-state index contributed by atoms with van der Waals surface area (Å²) >= 11 is 0. The van der Waals surface area contributed by atoms with Crippen molar-refractivity contribution in [2.75, 3.05) is 13.2 Å². The number of ether oxygens (including phenoxy) is 1. The zero-order valence-corrected chi connectivity index (χ0v) is 20.4. The Labute approximate surface area is 208 Å². The van der Waals surface area contributed by atoms with Crippen molar-refractivity contribution in [2.45, 2.75) is 63.1 Å². The molecule has 5 rings (SSSR count). The van der Waals surface area contributed by atoms with Crippen LogP contribution in [0, 0.1) is 11.8 Å². The normalized spacial score (nSPS) is 31.6. The maximum absolute atomic E-state index is 14.3. The van der Waals surface area contributed by atoms with Crippen LogP contribution in [-0.4, -0.2) is 89.2 Å². The minimum atomic E-state index is -1.28. The summed E-state index contributed by atoms with van der Waals surface area (Å²) in [5.74, 6) is -4.02. The van der Waals surface area contributed by atoms with Gasteiger partial charge in [0, 0.05) is 6.54 Å². The molecule has 3 fully saturated rings. The predicted molar refractivity (Wildman–Crippen MR) is 127 cm³/mol. The van der Waals surface area contributed by atoms with Gasteiger partial charge >= 0.3 is 5.97 Å². The second-order valence-corrected chi connectivity index (χ2v) is 10.1. The molecule has 6 atom stereocenters. The van der Waals surface area contributed by atoms with Crippen molar-refractivity contribution in [2.24, 2.45) is 11.8 Å². The number of carbonyl (C=O) groups is 3. The zero-order valence-electron chi connectivity index (χ0n) is 20.4. The summed E-state index contributed by atoms with van der Waals surface area (Å²) in [4.78, 5) is 43.4. The molecule has 11 nitrogen and oxygen atoms in total. The van der Waals surface area contributed by atoms with E-state index in [1.807, 2.05) is 31.2 Å². The van der Waals surface area contributed by atoms with E-state index in [1.54, 1.807) is 17.7 Å². The summed E-state index contributed by atoms with van der Waals surface area (Å²) in [5.41, 5.74) is -0.893. The van der Waals surface area contributed by atoms with Crippen LogP contribution < -0.4 is 0 Å². The number of para-hydroxylation sites is 1. The lowest BCUT2D eigenvalue weighted by molar-refractivity contribution is -0.159. The molecular weight excluding hydrogens is 466 g/mol. The number of aliphatic hydroxyl groups excluding tert-OH is 1. The summed E-state index contributed by atoms with van der Waals surface area (Å²) in [6.07, 6.45) is 2.80. The van der Waals surface area contributed by atoms with Crippen molar-refractivity contribution in [3.63, 3.8) is 0 Å². The number of hydrogen-bond donors (Lipinski definition) is 2. The molecule has 3 aliphatic rings. The van der Waals surface area contributed by atoms with Gasteiger partial charge < -0.3 is 24.7 Å². The maximum Gasteiger partial charge on any atom is 0.310 e. The van der Waals surface area contributed by atoms with Crippen LogP contribution in [0.1, 0.15) is 33.1 Å². The highest BCUT2D eigenvalue weighted by molar-refractivity contribution is 5.98. The van der Waals surface area contributed by atoms with Gasteiger partial charge in [0.1, 0.15) is 23.8 Å². The first-order valence-corrected chi connectivity index (χ1v) is 12.3. The van der Waals surface area contributed by atoms with Crippen molar-refractivity contribution in [1.29, 1.82) is 0 Å². The van der Waals surface area contributed by atoms with Gasteiger partial charge in [-0.3, -0.25) is 14.4 Å². The summed E-state index contributed by atoms with van der Waals surface area (Å²) in [6.45, 7) is 7.20. The second kappa shape index (κ2) is 8.67. The summed E-state index contributed by atoms with van der Waals surface area (Å²) < 4.78 is 8.02. The Morgan fingerprint density at radius 3 is 2.78 bits per heavy atom. The van der Waals surface area contributed by atoms with Gasteiger partial charge in [0.05, 0.1) is 35.6 Å². The van der Waals surface area contributed by atoms with E-state index in [9.17, 15) is 24.6 Å². The third-order valence-electron chi connectivity index (χ3n) is 8.18. The largest absolute Gasteiger partial charge is 0.481 e. The van der Waals surface area contributed by atoms with Crippen molar-refractivity contribution >= 4 is 28.8 Å². The first-order chi connectivity index (χ1) is 17.2. The average Bonchev–Trinajstić information content (AvgIpc) is 3.55. The van der Waals surface area contributed by atoms with Gasteiger partial charge in [-0.15, -0.1) is 11.7 Å². The number of aliphatic carboxylic acids is 1. The van der Waals surface area contributed by atoms with Crippen LogP contribution in [0.3, 0.4) is 0 Å². The number of aromatic nitrogens is 3. The van der Waals surface area contributed by atoms with Gasteiger partial charge in [-0.25, -0.2) is 4.68 Å². The topological polar surface area (TPSA) is 138 Å². The number of fused-ring (bicyclic) bond motifs is 2. The van der Waals surface area contributed by atoms with Crippen LogP contribution >= 0.6 is 0 Å². The maximum atomic E-state index is 14.3. The minimum Gasteiger partial charge on any atom is -0.481 e. The molecule has 3 aliphatic heterocycles. The Balaban J connectivity index is 1.58. The molecule has 1 aromatic heterocycles. The highest BCUT2D eigenvalue weighted by Crippen LogP contribution is 2.63. The molecule has 11 heteroatoms. The van der Waals surface area contributed by atoms with Gasteiger partial charge in [-0.05, 0) is 38.3 Å². The Bertz CT molecular complexity index is 1230. The number of carboxylic acid groups (broad SMARTS) is 1. The van der Waals surface area contributed by atoms with E-state index in [0.29, 0.717) is 24.8 Å². The predicted octanol–water partition coefficient (Wildman–Crippen LogP) is 1.02. The summed E-state index contributed by atoms with van der Waals surface area (Å²) in [5, 5.41) is 28.5. The van der Waals surface area contributed by atoms with Crippen LogP contribution in [0.15, 0.2) is 36.9 Å². The van der Waals surface area contributed by atoms with E-state index in [0.717, 1.165) is 5.52 Å². The highest BCUT2D eigenvalue weighted by Gasteiger charge is 2.78. The molecule has 4 heterocycles. The molecule has 0 aliphatic carbocycles. The third kappa shape index (κ3) is 3.29. The van der Waals surface area contributed by atoms with Crippen LogP contribution in [0.4, 0.5) is 0 Å². The molecule has 2 unspecified atom stereocenters. The molecule has 1 aromatic carbocycles. The van der Waals surface area contributed by atoms with Crippen molar-refractivity contribution < 1.29 is 29.3 Å². The second-order valence-electron chi connectivity index (χ2n) is 10.1. The lowest BCUT2D eigenvalue weighted by atomic mass is 9.66. The Kier molecular flexibility index (Phi) is 5.87. The molecule has 0 saturated carbocycles. The number of carboxylic acids is 1. The first-order valence-electron chi connectivity index (χ1n) is 12.3. The number of aliphatic hydroxyl groups is 1. The van der Waals surface area contributed by atoms with Crippen molar-refractivity contribution in [3.8, 4) is 0 Å². The first kappa shape index (κ1) is 24.4. The van der Waals surface area contributed by atoms with Crippen LogP contribution in [0.2, 0.25) is 0 Å². The number of carbonyl (C=O) groups excluding carboxylic acids is 2. The third-order valence-corrected chi connectivity index (χ3v) is 8.18. The minimum absolute atomic E-state index is 0.0557. The molecule has 2 amide bonds. The Hall–Kier alpha value is -3.31. The van der Waals surface area contributed by atoms with Gasteiger partial charge in [0.25, 0.3) is 0 Å². The molecule has 0 radical (unpaired) electrons. The van der Waals surface area contributed by atoms with Crippen molar-refractivity contribution in [1.82, 2.24) is 24.8 Å². The number of likely N-dealkylation sites (tertiary alicyclic amines) is 1. The van der Waals surface area contributed by atoms with E-state index in [1.165, 1.54) is 9.80 Å². The fourth-order valence-corrected chi connectivity index (χ4v) is 6.56. The number of benzene rings is 1. The van der Waals surface area contributed by atoms with Gasteiger partial charge in [0.2, 0.25) is 11.8 Å². The quantitative estimate of drug-likeness (QED) is 0.490. The number of amides is 2. The smallest absolute Gasteiger partial charge is 0.310 e. The van der Waals surface area contributed by atoms with E-state index < -0.39 is 52.9 Å². The van der Waals surface area contributed by atoms with E-state index >= 15 is 0 Å². The summed E-state index contributed by atoms with van der Waals surface area (Å²) in [6, 6.07) is 5.66. The lowest BCUT2D eigenvalue weighted by Crippen LogP contribution is -2.59. The standard InChI is InChI=1S/C25H31N5O6/c1-4-12-28(14-29-17-9-7-6-8-16(17)26-27-29)22(33)20-25-11-10-24(3,36-25)19(23(34)35)18(25)21(32)30(20)15(5-2)13-31/h4,6-9,15,18-20,31H,1,5,10-14H2,2-3H3,(H,34,35)/t15-,18-,19-,20?,24+,25?/m0/s1. The molecule has 2 bridgehead atoms. The van der Waals surface area contributed by atoms with E-state index in [-0.39, 0.29) is 19.8 Å². The Morgan fingerprint density at radius 2 is 2.11 bits per heavy atom. The summed E-state index contributed by atoms with van der Waals surface area (Å²) in [7, 11) is 0.